The van der Waals surface area contributed by atoms with Crippen LogP contribution in [-0.4, -0.2) is 42.3 Å². The minimum atomic E-state index is -0.404. The van der Waals surface area contributed by atoms with Crippen LogP contribution >= 0.6 is 22.9 Å². The van der Waals surface area contributed by atoms with Gasteiger partial charge in [-0.2, -0.15) is 0 Å². The Balaban J connectivity index is 1.67. The van der Waals surface area contributed by atoms with E-state index in [2.05, 4.69) is 10.6 Å². The van der Waals surface area contributed by atoms with Crippen LogP contribution in [0.3, 0.4) is 0 Å². The number of amides is 3. The van der Waals surface area contributed by atoms with Crippen molar-refractivity contribution in [2.75, 3.05) is 30.3 Å². The maximum atomic E-state index is 12.9. The molecule has 0 saturated heterocycles. The molecule has 3 aromatic rings. The van der Waals surface area contributed by atoms with Crippen molar-refractivity contribution in [1.82, 2.24) is 4.90 Å². The van der Waals surface area contributed by atoms with Gasteiger partial charge in [0, 0.05) is 18.8 Å². The van der Waals surface area contributed by atoms with E-state index in [4.69, 9.17) is 16.3 Å². The summed E-state index contributed by atoms with van der Waals surface area (Å²) in [5, 5.41) is 7.62. The number of hydrogen-bond donors (Lipinski definition) is 2. The molecule has 1 aromatic heterocycles. The highest BCUT2D eigenvalue weighted by Crippen LogP contribution is 2.28. The normalized spacial score (nSPS) is 10.4. The zero-order valence-corrected chi connectivity index (χ0v) is 19.8. The Morgan fingerprint density at radius 3 is 2.39 bits per heavy atom. The Morgan fingerprint density at radius 1 is 0.970 bits per heavy atom. The van der Waals surface area contributed by atoms with Gasteiger partial charge in [-0.15, -0.1) is 11.3 Å². The van der Waals surface area contributed by atoms with E-state index in [9.17, 15) is 14.4 Å². The van der Waals surface area contributed by atoms with Gasteiger partial charge in [-0.3, -0.25) is 14.4 Å². The van der Waals surface area contributed by atoms with Crippen LogP contribution in [0.25, 0.3) is 0 Å². The average molecular weight is 486 g/mol. The molecule has 0 aliphatic carbocycles. The first-order chi connectivity index (χ1) is 15.9. The first-order valence-electron chi connectivity index (χ1n) is 10.4. The molecule has 2 N–H and O–H groups in total. The van der Waals surface area contributed by atoms with Crippen molar-refractivity contribution in [2.24, 2.45) is 0 Å². The molecule has 3 rings (SSSR count). The van der Waals surface area contributed by atoms with Gasteiger partial charge in [0.25, 0.3) is 17.7 Å². The third-order valence-electron chi connectivity index (χ3n) is 4.82. The lowest BCUT2D eigenvalue weighted by atomic mass is 10.1. The van der Waals surface area contributed by atoms with Gasteiger partial charge in [-0.05, 0) is 55.6 Å². The van der Waals surface area contributed by atoms with Crippen LogP contribution in [0.15, 0.2) is 60.0 Å². The van der Waals surface area contributed by atoms with E-state index in [0.717, 1.165) is 0 Å². The third-order valence-corrected chi connectivity index (χ3v) is 5.99. The van der Waals surface area contributed by atoms with Gasteiger partial charge in [0.05, 0.1) is 21.2 Å². The molecule has 0 aliphatic heterocycles. The average Bonchev–Trinajstić information content (AvgIpc) is 3.35. The van der Waals surface area contributed by atoms with Crippen LogP contribution in [-0.2, 0) is 4.79 Å². The first-order valence-corrected chi connectivity index (χ1v) is 11.6. The van der Waals surface area contributed by atoms with E-state index in [1.54, 1.807) is 59.5 Å². The Kier molecular flexibility index (Phi) is 8.46. The fourth-order valence-electron chi connectivity index (χ4n) is 3.08. The Labute approximate surface area is 201 Å². The summed E-state index contributed by atoms with van der Waals surface area (Å²) in [5.74, 6) is -0.471. The number of thiophene rings is 1. The van der Waals surface area contributed by atoms with Crippen LogP contribution in [0.5, 0.6) is 5.75 Å². The zero-order chi connectivity index (χ0) is 23.8. The molecule has 9 heteroatoms. The molecule has 0 bridgehead atoms. The number of ether oxygens (including phenoxy) is 1. The highest BCUT2D eigenvalue weighted by molar-refractivity contribution is 7.12. The highest BCUT2D eigenvalue weighted by atomic mass is 35.5. The molecule has 1 heterocycles. The number of benzene rings is 2. The minimum Gasteiger partial charge on any atom is -0.482 e. The molecule has 0 unspecified atom stereocenters. The number of rotatable bonds is 9. The van der Waals surface area contributed by atoms with Crippen molar-refractivity contribution in [3.05, 3.63) is 75.4 Å². The first kappa shape index (κ1) is 24.3. The predicted molar refractivity (Wildman–Crippen MR) is 132 cm³/mol. The molecule has 0 aliphatic rings. The van der Waals surface area contributed by atoms with Gasteiger partial charge in [0.2, 0.25) is 0 Å². The number of likely N-dealkylation sites (N-methyl/N-ethyl adjacent to an activating group) is 1. The molecule has 0 saturated carbocycles. The van der Waals surface area contributed by atoms with Crippen molar-refractivity contribution in [3.63, 3.8) is 0 Å². The van der Waals surface area contributed by atoms with E-state index in [1.807, 2.05) is 19.2 Å². The number of nitrogens with one attached hydrogen (secondary N) is 2. The molecular weight excluding hydrogens is 462 g/mol. The van der Waals surface area contributed by atoms with Crippen molar-refractivity contribution in [1.29, 1.82) is 0 Å². The maximum Gasteiger partial charge on any atom is 0.265 e. The molecule has 7 nitrogen and oxygen atoms in total. The second-order valence-electron chi connectivity index (χ2n) is 6.93. The van der Waals surface area contributed by atoms with Gasteiger partial charge in [-0.25, -0.2) is 0 Å². The monoisotopic (exact) mass is 485 g/mol. The summed E-state index contributed by atoms with van der Waals surface area (Å²) in [4.78, 5) is 39.6. The summed E-state index contributed by atoms with van der Waals surface area (Å²) in [6.45, 7) is 4.89. The van der Waals surface area contributed by atoms with Crippen molar-refractivity contribution in [2.45, 2.75) is 13.8 Å². The maximum absolute atomic E-state index is 12.9. The summed E-state index contributed by atoms with van der Waals surface area (Å²) >= 11 is 7.61. The van der Waals surface area contributed by atoms with E-state index in [0.29, 0.717) is 40.7 Å². The summed E-state index contributed by atoms with van der Waals surface area (Å²) in [6, 6.07) is 15.0. The molecule has 2 aromatic carbocycles. The van der Waals surface area contributed by atoms with Crippen LogP contribution < -0.4 is 15.4 Å². The summed E-state index contributed by atoms with van der Waals surface area (Å²) in [7, 11) is 0. The van der Waals surface area contributed by atoms with E-state index < -0.39 is 5.91 Å². The van der Waals surface area contributed by atoms with Crippen molar-refractivity contribution < 1.29 is 19.1 Å². The molecular formula is C24H24ClN3O4S. The van der Waals surface area contributed by atoms with Crippen LogP contribution in [0.2, 0.25) is 5.02 Å². The standard InChI is InChI=1S/C24H24ClN3O4S/c1-3-28(4-2)22(29)15-32-20-12-11-16(14-18(20)25)26-23(30)17-8-5-6-9-19(17)27-24(31)21-10-7-13-33-21/h5-14H,3-4,15H2,1-2H3,(H,26,30)(H,27,31). The summed E-state index contributed by atoms with van der Waals surface area (Å²) in [5.41, 5.74) is 1.16. The smallest absolute Gasteiger partial charge is 0.265 e. The quantitative estimate of drug-likeness (QED) is 0.438. The van der Waals surface area contributed by atoms with Crippen LogP contribution in [0, 0.1) is 0 Å². The van der Waals surface area contributed by atoms with Crippen molar-refractivity contribution >= 4 is 52.0 Å². The second kappa shape index (κ2) is 11.5. The second-order valence-corrected chi connectivity index (χ2v) is 8.29. The zero-order valence-electron chi connectivity index (χ0n) is 18.3. The van der Waals surface area contributed by atoms with Crippen LogP contribution in [0.1, 0.15) is 33.9 Å². The largest absolute Gasteiger partial charge is 0.482 e. The summed E-state index contributed by atoms with van der Waals surface area (Å²) < 4.78 is 5.54. The lowest BCUT2D eigenvalue weighted by Crippen LogP contribution is -2.34. The molecule has 0 fully saturated rings. The number of carbonyl (C=O) groups excluding carboxylic acids is 3. The van der Waals surface area contributed by atoms with Gasteiger partial charge < -0.3 is 20.3 Å². The summed E-state index contributed by atoms with van der Waals surface area (Å²) in [6.07, 6.45) is 0. The highest BCUT2D eigenvalue weighted by Gasteiger charge is 2.16. The minimum absolute atomic E-state index is 0.121. The SMILES string of the molecule is CCN(CC)C(=O)COc1ccc(NC(=O)c2ccccc2NC(=O)c2cccs2)cc1Cl. The van der Waals surface area contributed by atoms with E-state index in [1.165, 1.54) is 11.3 Å². The fraction of sp³-hybridized carbons (Fsp3) is 0.208. The topological polar surface area (TPSA) is 87.7 Å². The number of anilines is 2. The Bertz CT molecular complexity index is 1130. The number of halogens is 1. The number of para-hydroxylation sites is 1. The van der Waals surface area contributed by atoms with E-state index in [-0.39, 0.29) is 23.4 Å². The Hall–Kier alpha value is -3.36. The molecule has 33 heavy (non-hydrogen) atoms. The molecule has 0 radical (unpaired) electrons. The number of nitrogens with zero attached hydrogens (tertiary/aromatic N) is 1. The molecule has 0 atom stereocenters. The van der Waals surface area contributed by atoms with Gasteiger partial charge >= 0.3 is 0 Å². The van der Waals surface area contributed by atoms with E-state index >= 15 is 0 Å². The van der Waals surface area contributed by atoms with Crippen molar-refractivity contribution in [3.8, 4) is 5.75 Å². The number of carbonyl (C=O) groups is 3. The molecule has 0 spiro atoms. The lowest BCUT2D eigenvalue weighted by molar-refractivity contribution is -0.132. The molecule has 3 amide bonds. The molecule has 172 valence electrons. The van der Waals surface area contributed by atoms with Crippen LogP contribution in [0.4, 0.5) is 11.4 Å². The fourth-order valence-corrected chi connectivity index (χ4v) is 3.94. The number of hydrogen-bond acceptors (Lipinski definition) is 5. The van der Waals surface area contributed by atoms with Gasteiger partial charge in [-0.1, -0.05) is 29.8 Å². The third kappa shape index (κ3) is 6.34. The lowest BCUT2D eigenvalue weighted by Gasteiger charge is -2.19. The van der Waals surface area contributed by atoms with Gasteiger partial charge in [0.15, 0.2) is 6.61 Å². The Morgan fingerprint density at radius 2 is 1.73 bits per heavy atom. The van der Waals surface area contributed by atoms with Gasteiger partial charge in [0.1, 0.15) is 5.75 Å². The predicted octanol–water partition coefficient (Wildman–Crippen LogP) is 5.15.